The van der Waals surface area contributed by atoms with Crippen molar-refractivity contribution in [3.8, 4) is 0 Å². The molecule has 2 saturated heterocycles. The minimum atomic E-state index is -4.67. The number of ketones is 1. The molecule has 0 radical (unpaired) electrons. The highest BCUT2D eigenvalue weighted by atomic mass is 32.2. The van der Waals surface area contributed by atoms with Gasteiger partial charge in [0, 0.05) is 5.92 Å². The summed E-state index contributed by atoms with van der Waals surface area (Å²) < 4.78 is 76.7. The third-order valence-corrected chi connectivity index (χ3v) is 7.72. The summed E-state index contributed by atoms with van der Waals surface area (Å²) in [6.07, 6.45) is -2.88. The van der Waals surface area contributed by atoms with Crippen molar-refractivity contribution in [3.05, 3.63) is 35.1 Å². The molecule has 1 aromatic rings. The minimum Gasteiger partial charge on any atom is -0.294 e. The number of Topliss-reactive ketones (excluding diaryl/α,β-unsaturated/α-hetero) is 1. The van der Waals surface area contributed by atoms with Crippen LogP contribution < -0.4 is 0 Å². The summed E-state index contributed by atoms with van der Waals surface area (Å²) in [5.41, 5.74) is -1.69. The van der Waals surface area contributed by atoms with Gasteiger partial charge >= 0.3 is 6.18 Å². The lowest BCUT2D eigenvalue weighted by atomic mass is 9.84. The number of carbonyl (C=O) groups excluding carboxylic acids is 1. The zero-order valence-corrected chi connectivity index (χ0v) is 13.5. The van der Waals surface area contributed by atoms with Crippen LogP contribution in [0.3, 0.4) is 0 Å². The first-order chi connectivity index (χ1) is 11.1. The second kappa shape index (κ2) is 5.82. The molecule has 3 rings (SSSR count). The van der Waals surface area contributed by atoms with Crippen molar-refractivity contribution < 1.29 is 30.8 Å². The largest absolute Gasteiger partial charge is 0.416 e. The molecule has 8 heteroatoms. The Morgan fingerprint density at radius 3 is 2.21 bits per heavy atom. The minimum absolute atomic E-state index is 0.0628. The molecule has 2 atom stereocenters. The molecule has 24 heavy (non-hydrogen) atoms. The Hall–Kier alpha value is -1.44. The summed E-state index contributed by atoms with van der Waals surface area (Å²) in [6.45, 7) is 0. The predicted octanol–water partition coefficient (Wildman–Crippen LogP) is 3.77. The van der Waals surface area contributed by atoms with Gasteiger partial charge in [0.05, 0.1) is 21.6 Å². The van der Waals surface area contributed by atoms with E-state index in [0.717, 1.165) is 6.42 Å². The monoisotopic (exact) mass is 364 g/mol. The van der Waals surface area contributed by atoms with E-state index in [9.17, 15) is 30.8 Å². The standard InChI is InChI=1S/C16H16F4O3S/c17-14-5-4-10(16(18,19)20)8-13(14)15(21)9-6-11-2-1-3-12(7-9)24(11,22)23/h4-5,8-9,11-12H,1-3,6-7H2. The molecule has 2 bridgehead atoms. The molecule has 2 aliphatic heterocycles. The zero-order chi connectivity index (χ0) is 17.7. The van der Waals surface area contributed by atoms with Crippen LogP contribution in [0.5, 0.6) is 0 Å². The first-order valence-corrected chi connectivity index (χ1v) is 9.35. The summed E-state index contributed by atoms with van der Waals surface area (Å²) in [5, 5.41) is -1.29. The van der Waals surface area contributed by atoms with E-state index < -0.39 is 55.2 Å². The Morgan fingerprint density at radius 2 is 1.67 bits per heavy atom. The van der Waals surface area contributed by atoms with E-state index in [0.29, 0.717) is 31.0 Å². The number of rotatable bonds is 2. The van der Waals surface area contributed by atoms with Gasteiger partial charge in [0.1, 0.15) is 5.82 Å². The molecule has 0 amide bonds. The number of hydrogen-bond donors (Lipinski definition) is 0. The van der Waals surface area contributed by atoms with Gasteiger partial charge in [0.2, 0.25) is 0 Å². The fraction of sp³-hybridized carbons (Fsp3) is 0.562. The van der Waals surface area contributed by atoms with E-state index in [4.69, 9.17) is 0 Å². The van der Waals surface area contributed by atoms with Crippen LogP contribution in [0, 0.1) is 11.7 Å². The average Bonchev–Trinajstić information content (AvgIpc) is 2.44. The van der Waals surface area contributed by atoms with Gasteiger partial charge in [-0.25, -0.2) is 12.8 Å². The topological polar surface area (TPSA) is 51.2 Å². The second-order valence-corrected chi connectivity index (χ2v) is 9.00. The van der Waals surface area contributed by atoms with Gasteiger partial charge in [-0.2, -0.15) is 13.2 Å². The van der Waals surface area contributed by atoms with Crippen molar-refractivity contribution in [1.82, 2.24) is 0 Å². The van der Waals surface area contributed by atoms with Gasteiger partial charge in [-0.15, -0.1) is 0 Å². The van der Waals surface area contributed by atoms with E-state index in [1.165, 1.54) is 0 Å². The molecular formula is C16H16F4O3S. The third kappa shape index (κ3) is 2.96. The normalized spacial score (nSPS) is 29.2. The number of alkyl halides is 3. The number of hydrogen-bond acceptors (Lipinski definition) is 3. The van der Waals surface area contributed by atoms with Crippen molar-refractivity contribution in [2.24, 2.45) is 5.92 Å². The van der Waals surface area contributed by atoms with Crippen LogP contribution in [0.15, 0.2) is 18.2 Å². The van der Waals surface area contributed by atoms with Gasteiger partial charge in [-0.1, -0.05) is 6.42 Å². The SMILES string of the molecule is O=C(c1cc(C(F)(F)F)ccc1F)C1CC2CCCC(C1)S2(=O)=O. The Labute approximate surface area is 137 Å². The Bertz CT molecular complexity index is 750. The highest BCUT2D eigenvalue weighted by Crippen LogP contribution is 2.41. The quantitative estimate of drug-likeness (QED) is 0.593. The highest BCUT2D eigenvalue weighted by Gasteiger charge is 2.46. The second-order valence-electron chi connectivity index (χ2n) is 6.49. The fourth-order valence-electron chi connectivity index (χ4n) is 3.73. The average molecular weight is 364 g/mol. The Morgan fingerprint density at radius 1 is 1.08 bits per heavy atom. The lowest BCUT2D eigenvalue weighted by molar-refractivity contribution is -0.137. The number of sulfone groups is 1. The molecule has 0 saturated carbocycles. The molecule has 2 aliphatic rings. The number of fused-ring (bicyclic) bond motifs is 2. The number of halogens is 4. The fourth-order valence-corrected chi connectivity index (χ4v) is 6.27. The molecule has 0 aliphatic carbocycles. The lowest BCUT2D eigenvalue weighted by Crippen LogP contribution is -2.45. The van der Waals surface area contributed by atoms with Gasteiger partial charge in [0.25, 0.3) is 0 Å². The first-order valence-electron chi connectivity index (χ1n) is 7.74. The van der Waals surface area contributed by atoms with Gasteiger partial charge in [-0.3, -0.25) is 4.79 Å². The van der Waals surface area contributed by atoms with Crippen molar-refractivity contribution in [2.45, 2.75) is 48.8 Å². The van der Waals surface area contributed by atoms with Gasteiger partial charge < -0.3 is 0 Å². The Kier molecular flexibility index (Phi) is 4.22. The van der Waals surface area contributed by atoms with E-state index in [2.05, 4.69) is 0 Å². The predicted molar refractivity (Wildman–Crippen MR) is 78.8 cm³/mol. The Balaban J connectivity index is 1.91. The summed E-state index contributed by atoms with van der Waals surface area (Å²) in [4.78, 5) is 12.5. The maximum Gasteiger partial charge on any atom is 0.416 e. The summed E-state index contributed by atoms with van der Waals surface area (Å²) in [7, 11) is -3.28. The van der Waals surface area contributed by atoms with Crippen molar-refractivity contribution >= 4 is 15.6 Å². The summed E-state index contributed by atoms with van der Waals surface area (Å²) in [6, 6.07) is 1.75. The van der Waals surface area contributed by atoms with E-state index in [1.807, 2.05) is 0 Å². The molecular weight excluding hydrogens is 348 g/mol. The molecule has 3 nitrogen and oxygen atoms in total. The molecule has 0 spiro atoms. The lowest BCUT2D eigenvalue weighted by Gasteiger charge is -2.38. The van der Waals surface area contributed by atoms with Crippen molar-refractivity contribution in [3.63, 3.8) is 0 Å². The molecule has 2 unspecified atom stereocenters. The molecule has 132 valence electrons. The van der Waals surface area contributed by atoms with Crippen LogP contribution in [0.25, 0.3) is 0 Å². The summed E-state index contributed by atoms with van der Waals surface area (Å²) in [5.74, 6) is -2.49. The maximum absolute atomic E-state index is 13.9. The van der Waals surface area contributed by atoms with Crippen molar-refractivity contribution in [1.29, 1.82) is 0 Å². The van der Waals surface area contributed by atoms with Crippen LogP contribution >= 0.6 is 0 Å². The van der Waals surface area contributed by atoms with Gasteiger partial charge in [-0.05, 0) is 43.9 Å². The van der Waals surface area contributed by atoms with E-state index in [1.54, 1.807) is 0 Å². The number of benzene rings is 1. The molecule has 1 aromatic carbocycles. The van der Waals surface area contributed by atoms with Crippen LogP contribution in [-0.4, -0.2) is 24.7 Å². The molecule has 0 N–H and O–H groups in total. The number of carbonyl (C=O) groups is 1. The van der Waals surface area contributed by atoms with Crippen molar-refractivity contribution in [2.75, 3.05) is 0 Å². The van der Waals surface area contributed by atoms with Crippen LogP contribution in [-0.2, 0) is 16.0 Å². The highest BCUT2D eigenvalue weighted by molar-refractivity contribution is 7.92. The molecule has 2 heterocycles. The summed E-state index contributed by atoms with van der Waals surface area (Å²) >= 11 is 0. The maximum atomic E-state index is 13.9. The van der Waals surface area contributed by atoms with E-state index >= 15 is 0 Å². The smallest absolute Gasteiger partial charge is 0.294 e. The zero-order valence-electron chi connectivity index (χ0n) is 12.6. The van der Waals surface area contributed by atoms with Crippen LogP contribution in [0.1, 0.15) is 48.0 Å². The van der Waals surface area contributed by atoms with Gasteiger partial charge in [0.15, 0.2) is 15.6 Å². The first kappa shape index (κ1) is 17.4. The van der Waals surface area contributed by atoms with E-state index in [-0.39, 0.29) is 12.8 Å². The van der Waals surface area contributed by atoms with Crippen LogP contribution in [0.2, 0.25) is 0 Å². The van der Waals surface area contributed by atoms with Crippen LogP contribution in [0.4, 0.5) is 17.6 Å². The molecule has 0 aromatic heterocycles. The molecule has 2 fully saturated rings. The third-order valence-electron chi connectivity index (χ3n) is 5.01.